The monoisotopic (exact) mass is 382 g/mol. The standard InChI is InChI=1S/C21H26N4O3/c1-13(20(27)25-8-6-21(4-5-21)7-9-25)23-19(26)16-10-14-11-18(28-15-2-3-15)22-12-17(14)24-16/h10-13,15,24H,2-9H2,1H3,(H,23,26)/t13-/m1/s1. The van der Waals surface area contributed by atoms with Crippen molar-refractivity contribution in [2.75, 3.05) is 13.1 Å². The van der Waals surface area contributed by atoms with E-state index >= 15 is 0 Å². The number of rotatable bonds is 5. The number of pyridine rings is 1. The zero-order valence-corrected chi connectivity index (χ0v) is 16.2. The molecule has 2 N–H and O–H groups in total. The third-order valence-electron chi connectivity index (χ3n) is 6.35. The Morgan fingerprint density at radius 1 is 1.25 bits per heavy atom. The summed E-state index contributed by atoms with van der Waals surface area (Å²) in [6, 6.07) is 3.08. The van der Waals surface area contributed by atoms with Crippen LogP contribution in [0.2, 0.25) is 0 Å². The summed E-state index contributed by atoms with van der Waals surface area (Å²) < 4.78 is 5.71. The zero-order valence-electron chi connectivity index (χ0n) is 16.2. The number of H-pyrrole nitrogens is 1. The predicted octanol–water partition coefficient (Wildman–Crippen LogP) is 2.63. The van der Waals surface area contributed by atoms with Crippen molar-refractivity contribution >= 4 is 22.7 Å². The molecule has 3 heterocycles. The van der Waals surface area contributed by atoms with Crippen molar-refractivity contribution in [1.82, 2.24) is 20.2 Å². The lowest BCUT2D eigenvalue weighted by atomic mass is 9.93. The molecule has 5 rings (SSSR count). The number of fused-ring (bicyclic) bond motifs is 1. The first kappa shape index (κ1) is 17.5. The molecule has 0 aromatic carbocycles. The van der Waals surface area contributed by atoms with Gasteiger partial charge in [0.05, 0.1) is 11.7 Å². The van der Waals surface area contributed by atoms with Crippen LogP contribution in [0.25, 0.3) is 10.9 Å². The molecule has 1 aliphatic heterocycles. The van der Waals surface area contributed by atoms with Gasteiger partial charge in [-0.15, -0.1) is 0 Å². The largest absolute Gasteiger partial charge is 0.474 e. The molecule has 0 unspecified atom stereocenters. The molecule has 2 aromatic rings. The summed E-state index contributed by atoms with van der Waals surface area (Å²) >= 11 is 0. The van der Waals surface area contributed by atoms with Crippen molar-refractivity contribution in [1.29, 1.82) is 0 Å². The van der Waals surface area contributed by atoms with E-state index in [1.54, 1.807) is 19.2 Å². The number of hydrogen-bond acceptors (Lipinski definition) is 4. The maximum atomic E-state index is 12.7. The molecule has 2 aliphatic carbocycles. The number of nitrogens with one attached hydrogen (secondary N) is 2. The number of aromatic amines is 1. The Morgan fingerprint density at radius 2 is 2.00 bits per heavy atom. The Labute approximate surface area is 163 Å². The number of aromatic nitrogens is 2. The number of piperidine rings is 1. The second-order valence-corrected chi connectivity index (χ2v) is 8.63. The summed E-state index contributed by atoms with van der Waals surface area (Å²) in [7, 11) is 0. The normalized spacial score (nSPS) is 21.5. The highest BCUT2D eigenvalue weighted by atomic mass is 16.5. The van der Waals surface area contributed by atoms with Crippen LogP contribution >= 0.6 is 0 Å². The summed E-state index contributed by atoms with van der Waals surface area (Å²) in [6.07, 6.45) is 8.92. The van der Waals surface area contributed by atoms with Crippen molar-refractivity contribution in [3.8, 4) is 5.88 Å². The van der Waals surface area contributed by atoms with Gasteiger partial charge in [0.25, 0.3) is 5.91 Å². The quantitative estimate of drug-likeness (QED) is 0.832. The molecule has 1 saturated heterocycles. The van der Waals surface area contributed by atoms with E-state index in [4.69, 9.17) is 4.74 Å². The minimum Gasteiger partial charge on any atom is -0.474 e. The minimum absolute atomic E-state index is 0.00162. The van der Waals surface area contributed by atoms with Gasteiger partial charge in [0.2, 0.25) is 11.8 Å². The van der Waals surface area contributed by atoms with Gasteiger partial charge in [0, 0.05) is 24.5 Å². The van der Waals surface area contributed by atoms with E-state index in [0.717, 1.165) is 49.7 Å². The van der Waals surface area contributed by atoms with Crippen LogP contribution in [0.5, 0.6) is 5.88 Å². The maximum Gasteiger partial charge on any atom is 0.268 e. The molecule has 1 spiro atoms. The van der Waals surface area contributed by atoms with Gasteiger partial charge >= 0.3 is 0 Å². The molecule has 1 atom stereocenters. The van der Waals surface area contributed by atoms with Gasteiger partial charge in [-0.25, -0.2) is 4.98 Å². The first-order chi connectivity index (χ1) is 13.5. The third kappa shape index (κ3) is 3.45. The van der Waals surface area contributed by atoms with Crippen LogP contribution in [-0.2, 0) is 4.79 Å². The number of nitrogens with zero attached hydrogens (tertiary/aromatic N) is 2. The van der Waals surface area contributed by atoms with Crippen LogP contribution in [0.4, 0.5) is 0 Å². The van der Waals surface area contributed by atoms with Gasteiger partial charge in [-0.1, -0.05) is 0 Å². The lowest BCUT2D eigenvalue weighted by Crippen LogP contribution is -2.49. The van der Waals surface area contributed by atoms with Crippen LogP contribution in [0.15, 0.2) is 18.3 Å². The smallest absolute Gasteiger partial charge is 0.268 e. The molecule has 2 amide bonds. The van der Waals surface area contributed by atoms with E-state index in [1.807, 2.05) is 11.0 Å². The molecule has 3 fully saturated rings. The van der Waals surface area contributed by atoms with E-state index < -0.39 is 6.04 Å². The molecule has 148 valence electrons. The summed E-state index contributed by atoms with van der Waals surface area (Å²) in [6.45, 7) is 3.37. The van der Waals surface area contributed by atoms with E-state index in [0.29, 0.717) is 17.0 Å². The fraction of sp³-hybridized carbons (Fsp3) is 0.571. The lowest BCUT2D eigenvalue weighted by Gasteiger charge is -2.33. The summed E-state index contributed by atoms with van der Waals surface area (Å²) in [5.74, 6) is 0.308. The second-order valence-electron chi connectivity index (χ2n) is 8.63. The van der Waals surface area contributed by atoms with Crippen molar-refractivity contribution < 1.29 is 14.3 Å². The molecular formula is C21H26N4O3. The molecule has 28 heavy (non-hydrogen) atoms. The van der Waals surface area contributed by atoms with Gasteiger partial charge < -0.3 is 19.9 Å². The Morgan fingerprint density at radius 3 is 2.68 bits per heavy atom. The lowest BCUT2D eigenvalue weighted by molar-refractivity contribution is -0.134. The van der Waals surface area contributed by atoms with Crippen molar-refractivity contribution in [2.24, 2.45) is 5.41 Å². The van der Waals surface area contributed by atoms with Crippen molar-refractivity contribution in [3.05, 3.63) is 24.0 Å². The van der Waals surface area contributed by atoms with Gasteiger partial charge in [0.15, 0.2) is 0 Å². The van der Waals surface area contributed by atoms with Crippen LogP contribution in [-0.4, -0.2) is 51.9 Å². The zero-order chi connectivity index (χ0) is 19.3. The van der Waals surface area contributed by atoms with Gasteiger partial charge in [0.1, 0.15) is 17.8 Å². The number of hydrogen-bond donors (Lipinski definition) is 2. The predicted molar refractivity (Wildman–Crippen MR) is 104 cm³/mol. The molecule has 2 saturated carbocycles. The number of likely N-dealkylation sites (tertiary alicyclic amines) is 1. The Balaban J connectivity index is 1.22. The molecule has 7 heteroatoms. The Kier molecular flexibility index (Phi) is 4.07. The third-order valence-corrected chi connectivity index (χ3v) is 6.35. The molecule has 0 radical (unpaired) electrons. The number of ether oxygens (including phenoxy) is 1. The van der Waals surface area contributed by atoms with Crippen LogP contribution in [0.1, 0.15) is 55.9 Å². The molecule has 3 aliphatic rings. The van der Waals surface area contributed by atoms with E-state index in [2.05, 4.69) is 15.3 Å². The highest BCUT2D eigenvalue weighted by Gasteiger charge is 2.45. The van der Waals surface area contributed by atoms with Crippen molar-refractivity contribution in [2.45, 2.75) is 57.6 Å². The fourth-order valence-electron chi connectivity index (χ4n) is 4.04. The van der Waals surface area contributed by atoms with E-state index in [9.17, 15) is 9.59 Å². The number of carbonyl (C=O) groups is 2. The van der Waals surface area contributed by atoms with Crippen LogP contribution in [0, 0.1) is 5.41 Å². The molecular weight excluding hydrogens is 356 g/mol. The first-order valence-corrected chi connectivity index (χ1v) is 10.3. The van der Waals surface area contributed by atoms with Gasteiger partial charge in [-0.3, -0.25) is 9.59 Å². The molecule has 2 aromatic heterocycles. The summed E-state index contributed by atoms with van der Waals surface area (Å²) in [5.41, 5.74) is 1.73. The highest BCUT2D eigenvalue weighted by molar-refractivity contribution is 6.00. The average Bonchev–Trinajstić information content (AvgIpc) is 3.61. The summed E-state index contributed by atoms with van der Waals surface area (Å²) in [4.78, 5) is 34.6. The summed E-state index contributed by atoms with van der Waals surface area (Å²) in [5, 5.41) is 3.71. The highest BCUT2D eigenvalue weighted by Crippen LogP contribution is 2.53. The SMILES string of the molecule is C[C@@H](NC(=O)c1cc2cc(OC3CC3)ncc2[nH]1)C(=O)N1CCC2(CC1)CC2. The van der Waals surface area contributed by atoms with Crippen LogP contribution in [0.3, 0.4) is 0 Å². The van der Waals surface area contributed by atoms with Crippen molar-refractivity contribution in [3.63, 3.8) is 0 Å². The van der Waals surface area contributed by atoms with Gasteiger partial charge in [-0.05, 0) is 56.9 Å². The van der Waals surface area contributed by atoms with Crippen LogP contribution < -0.4 is 10.1 Å². The number of carbonyl (C=O) groups excluding carboxylic acids is 2. The fourth-order valence-corrected chi connectivity index (χ4v) is 4.04. The van der Waals surface area contributed by atoms with Gasteiger partial charge in [-0.2, -0.15) is 0 Å². The maximum absolute atomic E-state index is 12.7. The minimum atomic E-state index is -0.543. The second kappa shape index (κ2) is 6.50. The number of amides is 2. The Bertz CT molecular complexity index is 919. The van der Waals surface area contributed by atoms with E-state index in [-0.39, 0.29) is 17.9 Å². The first-order valence-electron chi connectivity index (χ1n) is 10.3. The Hall–Kier alpha value is -2.57. The van der Waals surface area contributed by atoms with E-state index in [1.165, 1.54) is 12.8 Å². The molecule has 7 nitrogen and oxygen atoms in total. The average molecular weight is 382 g/mol. The topological polar surface area (TPSA) is 87.3 Å². The molecule has 0 bridgehead atoms.